The Morgan fingerprint density at radius 1 is 1.29 bits per heavy atom. The Hall–Kier alpha value is -2.16. The van der Waals surface area contributed by atoms with Gasteiger partial charge in [0.15, 0.2) is 0 Å². The van der Waals surface area contributed by atoms with E-state index in [1.807, 2.05) is 18.2 Å². The lowest BCUT2D eigenvalue weighted by atomic mass is 10.1. The SMILES string of the molecule is CCOC(=O)N1CCC(NC(=O)c2sc3nnc(C)n3c2C)CC1. The molecule has 24 heavy (non-hydrogen) atoms. The van der Waals surface area contributed by atoms with Crippen LogP contribution in [-0.4, -0.2) is 57.2 Å². The number of piperidine rings is 1. The summed E-state index contributed by atoms with van der Waals surface area (Å²) >= 11 is 1.35. The zero-order valence-electron chi connectivity index (χ0n) is 14.0. The predicted molar refractivity (Wildman–Crippen MR) is 89.4 cm³/mol. The number of rotatable bonds is 3. The highest BCUT2D eigenvalue weighted by Gasteiger charge is 2.26. The molecule has 2 amide bonds. The predicted octanol–water partition coefficient (Wildman–Crippen LogP) is 1.76. The summed E-state index contributed by atoms with van der Waals surface area (Å²) < 4.78 is 6.90. The Labute approximate surface area is 143 Å². The molecule has 3 heterocycles. The van der Waals surface area contributed by atoms with Gasteiger partial charge in [0.2, 0.25) is 4.96 Å². The summed E-state index contributed by atoms with van der Waals surface area (Å²) in [5, 5.41) is 11.2. The van der Waals surface area contributed by atoms with Crippen LogP contribution >= 0.6 is 11.3 Å². The molecule has 2 aromatic heterocycles. The van der Waals surface area contributed by atoms with Gasteiger partial charge in [0.05, 0.1) is 6.61 Å². The number of aromatic nitrogens is 3. The van der Waals surface area contributed by atoms with E-state index < -0.39 is 0 Å². The molecule has 1 aliphatic rings. The Morgan fingerprint density at radius 2 is 2.00 bits per heavy atom. The summed E-state index contributed by atoms with van der Waals surface area (Å²) in [5.41, 5.74) is 0.860. The lowest BCUT2D eigenvalue weighted by Crippen LogP contribution is -2.46. The monoisotopic (exact) mass is 351 g/mol. The van der Waals surface area contributed by atoms with Crippen LogP contribution in [-0.2, 0) is 4.74 Å². The van der Waals surface area contributed by atoms with E-state index in [2.05, 4.69) is 15.5 Å². The highest BCUT2D eigenvalue weighted by molar-refractivity contribution is 7.19. The Bertz CT molecular complexity index is 761. The van der Waals surface area contributed by atoms with Crippen LogP contribution in [0.15, 0.2) is 0 Å². The lowest BCUT2D eigenvalue weighted by molar-refractivity contribution is 0.0862. The molecule has 8 nitrogen and oxygen atoms in total. The van der Waals surface area contributed by atoms with Gasteiger partial charge in [0, 0.05) is 24.8 Å². The molecule has 0 bridgehead atoms. The van der Waals surface area contributed by atoms with Crippen LogP contribution in [0.2, 0.25) is 0 Å². The average Bonchev–Trinajstić information content (AvgIpc) is 3.09. The van der Waals surface area contributed by atoms with Crippen molar-refractivity contribution in [1.29, 1.82) is 0 Å². The number of aryl methyl sites for hydroxylation is 2. The van der Waals surface area contributed by atoms with Gasteiger partial charge in [-0.1, -0.05) is 11.3 Å². The van der Waals surface area contributed by atoms with Crippen molar-refractivity contribution in [1.82, 2.24) is 24.8 Å². The first-order valence-corrected chi connectivity index (χ1v) is 8.86. The van der Waals surface area contributed by atoms with E-state index in [1.54, 1.807) is 11.8 Å². The first-order chi connectivity index (χ1) is 11.5. The van der Waals surface area contributed by atoms with Crippen molar-refractivity contribution in [3.05, 3.63) is 16.4 Å². The number of carbonyl (C=O) groups excluding carboxylic acids is 2. The van der Waals surface area contributed by atoms with Gasteiger partial charge >= 0.3 is 6.09 Å². The molecule has 0 unspecified atom stereocenters. The molecule has 1 fully saturated rings. The maximum absolute atomic E-state index is 12.6. The largest absolute Gasteiger partial charge is 0.450 e. The Balaban J connectivity index is 1.61. The number of hydrogen-bond acceptors (Lipinski definition) is 6. The number of ether oxygens (including phenoxy) is 1. The number of likely N-dealkylation sites (tertiary alicyclic amines) is 1. The quantitative estimate of drug-likeness (QED) is 0.910. The maximum Gasteiger partial charge on any atom is 0.409 e. The number of hydrogen-bond donors (Lipinski definition) is 1. The topological polar surface area (TPSA) is 88.8 Å². The van der Waals surface area contributed by atoms with Crippen molar-refractivity contribution in [2.45, 2.75) is 39.7 Å². The lowest BCUT2D eigenvalue weighted by Gasteiger charge is -2.31. The van der Waals surface area contributed by atoms with Crippen LogP contribution in [0.25, 0.3) is 4.96 Å². The molecule has 1 saturated heterocycles. The summed E-state index contributed by atoms with van der Waals surface area (Å²) in [6.07, 6.45) is 1.18. The molecule has 0 aromatic carbocycles. The molecule has 1 aliphatic heterocycles. The van der Waals surface area contributed by atoms with Crippen LogP contribution in [0.4, 0.5) is 4.79 Å². The first kappa shape index (κ1) is 16.7. The summed E-state index contributed by atoms with van der Waals surface area (Å²) in [7, 11) is 0. The van der Waals surface area contributed by atoms with E-state index in [0.29, 0.717) is 24.6 Å². The second-order valence-corrected chi connectivity index (χ2v) is 6.79. The van der Waals surface area contributed by atoms with Gasteiger partial charge in [-0.2, -0.15) is 0 Å². The zero-order chi connectivity index (χ0) is 17.3. The van der Waals surface area contributed by atoms with E-state index in [-0.39, 0.29) is 18.0 Å². The zero-order valence-corrected chi connectivity index (χ0v) is 14.9. The van der Waals surface area contributed by atoms with Crippen LogP contribution in [0.3, 0.4) is 0 Å². The summed E-state index contributed by atoms with van der Waals surface area (Å²) in [6, 6.07) is 0.0659. The molecule has 130 valence electrons. The number of carbonyl (C=O) groups is 2. The minimum Gasteiger partial charge on any atom is -0.450 e. The van der Waals surface area contributed by atoms with Crippen LogP contribution in [0.5, 0.6) is 0 Å². The van der Waals surface area contributed by atoms with Gasteiger partial charge in [-0.25, -0.2) is 4.79 Å². The van der Waals surface area contributed by atoms with Crippen molar-refractivity contribution >= 4 is 28.3 Å². The van der Waals surface area contributed by atoms with Gasteiger partial charge in [0.25, 0.3) is 5.91 Å². The number of nitrogens with one attached hydrogen (secondary N) is 1. The maximum atomic E-state index is 12.6. The number of nitrogens with zero attached hydrogens (tertiary/aromatic N) is 4. The van der Waals surface area contributed by atoms with Crippen molar-refractivity contribution in [3.63, 3.8) is 0 Å². The van der Waals surface area contributed by atoms with Crippen molar-refractivity contribution in [2.24, 2.45) is 0 Å². The number of thiazole rings is 1. The van der Waals surface area contributed by atoms with Gasteiger partial charge < -0.3 is 15.0 Å². The fourth-order valence-corrected chi connectivity index (χ4v) is 3.96. The standard InChI is InChI=1S/C15H21N5O3S/c1-4-23-15(22)19-7-5-11(6-8-19)16-13(21)12-9(2)20-10(3)17-18-14(20)24-12/h11H,4-8H2,1-3H3,(H,16,21). The molecular weight excluding hydrogens is 330 g/mol. The molecule has 0 atom stereocenters. The molecule has 0 spiro atoms. The molecule has 2 aromatic rings. The number of amides is 2. The minimum absolute atomic E-state index is 0.0659. The highest BCUT2D eigenvalue weighted by atomic mass is 32.1. The molecule has 0 saturated carbocycles. The van der Waals surface area contributed by atoms with E-state index in [1.165, 1.54) is 11.3 Å². The summed E-state index contributed by atoms with van der Waals surface area (Å²) in [4.78, 5) is 27.3. The fourth-order valence-electron chi connectivity index (χ4n) is 2.94. The van der Waals surface area contributed by atoms with Gasteiger partial charge in [-0.3, -0.25) is 9.20 Å². The smallest absolute Gasteiger partial charge is 0.409 e. The fraction of sp³-hybridized carbons (Fsp3) is 0.600. The molecule has 0 radical (unpaired) electrons. The van der Waals surface area contributed by atoms with Crippen molar-refractivity contribution in [3.8, 4) is 0 Å². The molecule has 0 aliphatic carbocycles. The second-order valence-electron chi connectivity index (χ2n) is 5.82. The molecule has 1 N–H and O–H groups in total. The second kappa shape index (κ2) is 6.76. The first-order valence-electron chi connectivity index (χ1n) is 8.05. The molecule has 9 heteroatoms. The Morgan fingerprint density at radius 3 is 2.62 bits per heavy atom. The molecule has 3 rings (SSSR count). The normalized spacial score (nSPS) is 15.7. The third-order valence-corrected chi connectivity index (χ3v) is 5.35. The van der Waals surface area contributed by atoms with E-state index in [0.717, 1.165) is 29.3 Å². The van der Waals surface area contributed by atoms with Gasteiger partial charge in [-0.15, -0.1) is 10.2 Å². The third-order valence-electron chi connectivity index (χ3n) is 4.21. The van der Waals surface area contributed by atoms with E-state index in [4.69, 9.17) is 4.74 Å². The molecular formula is C15H21N5O3S. The van der Waals surface area contributed by atoms with Crippen molar-refractivity contribution in [2.75, 3.05) is 19.7 Å². The van der Waals surface area contributed by atoms with Crippen molar-refractivity contribution < 1.29 is 14.3 Å². The summed E-state index contributed by atoms with van der Waals surface area (Å²) in [6.45, 7) is 7.13. The van der Waals surface area contributed by atoms with Crippen LogP contribution in [0, 0.1) is 13.8 Å². The third kappa shape index (κ3) is 3.08. The van der Waals surface area contributed by atoms with E-state index in [9.17, 15) is 9.59 Å². The van der Waals surface area contributed by atoms with Crippen LogP contribution < -0.4 is 5.32 Å². The minimum atomic E-state index is -0.277. The van der Waals surface area contributed by atoms with Gasteiger partial charge in [-0.05, 0) is 33.6 Å². The summed E-state index contributed by atoms with van der Waals surface area (Å²) in [5.74, 6) is 0.692. The highest BCUT2D eigenvalue weighted by Crippen LogP contribution is 2.23. The van der Waals surface area contributed by atoms with Gasteiger partial charge in [0.1, 0.15) is 10.7 Å². The average molecular weight is 351 g/mol. The van der Waals surface area contributed by atoms with E-state index >= 15 is 0 Å². The Kier molecular flexibility index (Phi) is 4.70. The van der Waals surface area contributed by atoms with Crippen LogP contribution in [0.1, 0.15) is 41.0 Å². The number of fused-ring (bicyclic) bond motifs is 1.